The summed E-state index contributed by atoms with van der Waals surface area (Å²) in [4.78, 5) is 14.7. The van der Waals surface area contributed by atoms with E-state index in [9.17, 15) is 13.2 Å². The van der Waals surface area contributed by atoms with Crippen LogP contribution in [-0.2, 0) is 14.8 Å². The van der Waals surface area contributed by atoms with E-state index in [-0.39, 0.29) is 10.1 Å². The van der Waals surface area contributed by atoms with Crippen LogP contribution in [0.2, 0.25) is 4.34 Å². The van der Waals surface area contributed by atoms with E-state index in [0.29, 0.717) is 30.3 Å². The van der Waals surface area contributed by atoms with Crippen molar-refractivity contribution in [1.82, 2.24) is 9.62 Å². The highest BCUT2D eigenvalue weighted by molar-refractivity contribution is 7.91. The number of anilines is 1. The third-order valence-corrected chi connectivity index (χ3v) is 8.39. The molecule has 1 saturated heterocycles. The minimum atomic E-state index is -3.69. The average Bonchev–Trinajstić information content (AvgIpc) is 3.35. The Kier molecular flexibility index (Phi) is 6.98. The lowest BCUT2D eigenvalue weighted by Gasteiger charge is -2.23. The SMILES string of the molecule is CN(CCCNC(=O)[C@@H]1CCCN1S(=O)(=O)c1ccc(Cl)s1)c1ccccc1. The normalized spacial score (nSPS) is 17.6. The summed E-state index contributed by atoms with van der Waals surface area (Å²) in [6, 6.07) is 12.4. The first-order chi connectivity index (χ1) is 13.4. The van der Waals surface area contributed by atoms with Gasteiger partial charge in [0.25, 0.3) is 10.0 Å². The first-order valence-electron chi connectivity index (χ1n) is 9.20. The van der Waals surface area contributed by atoms with E-state index in [1.165, 1.54) is 10.4 Å². The maximum absolute atomic E-state index is 12.8. The molecule has 1 atom stereocenters. The molecule has 9 heteroatoms. The molecule has 1 aliphatic rings. The van der Waals surface area contributed by atoms with E-state index >= 15 is 0 Å². The van der Waals surface area contributed by atoms with Gasteiger partial charge in [-0.15, -0.1) is 11.3 Å². The second kappa shape index (κ2) is 9.26. The van der Waals surface area contributed by atoms with E-state index in [1.807, 2.05) is 37.4 Å². The number of thiophene rings is 1. The first-order valence-corrected chi connectivity index (χ1v) is 11.8. The highest BCUT2D eigenvalue weighted by Gasteiger charge is 2.39. The van der Waals surface area contributed by atoms with Gasteiger partial charge in [0.15, 0.2) is 0 Å². The summed E-state index contributed by atoms with van der Waals surface area (Å²) in [5.74, 6) is -0.230. The Balaban J connectivity index is 1.52. The van der Waals surface area contributed by atoms with E-state index in [4.69, 9.17) is 11.6 Å². The Morgan fingerprint density at radius 2 is 2.04 bits per heavy atom. The molecule has 1 fully saturated rings. The number of rotatable bonds is 8. The summed E-state index contributed by atoms with van der Waals surface area (Å²) >= 11 is 6.90. The Morgan fingerprint density at radius 1 is 1.29 bits per heavy atom. The molecule has 3 rings (SSSR count). The number of hydrogen-bond acceptors (Lipinski definition) is 5. The molecule has 1 amide bonds. The Labute approximate surface area is 175 Å². The number of benzene rings is 1. The van der Waals surface area contributed by atoms with E-state index < -0.39 is 16.1 Å². The topological polar surface area (TPSA) is 69.7 Å². The molecule has 6 nitrogen and oxygen atoms in total. The lowest BCUT2D eigenvalue weighted by Crippen LogP contribution is -2.46. The molecule has 0 aliphatic carbocycles. The Bertz CT molecular complexity index is 902. The Hall–Kier alpha value is -1.61. The molecule has 0 bridgehead atoms. The molecular weight excluding hydrogens is 418 g/mol. The van der Waals surface area contributed by atoms with Crippen molar-refractivity contribution in [3.8, 4) is 0 Å². The van der Waals surface area contributed by atoms with Crippen molar-refractivity contribution >= 4 is 44.6 Å². The van der Waals surface area contributed by atoms with Gasteiger partial charge in [-0.1, -0.05) is 29.8 Å². The van der Waals surface area contributed by atoms with Crippen molar-refractivity contribution in [1.29, 1.82) is 0 Å². The van der Waals surface area contributed by atoms with E-state index in [0.717, 1.165) is 30.0 Å². The maximum atomic E-state index is 12.8. The predicted octanol–water partition coefficient (Wildman–Crippen LogP) is 3.20. The molecule has 1 aliphatic heterocycles. The zero-order chi connectivity index (χ0) is 20.1. The monoisotopic (exact) mass is 441 g/mol. The summed E-state index contributed by atoms with van der Waals surface area (Å²) in [6.07, 6.45) is 1.98. The third kappa shape index (κ3) is 4.86. The number of sulfonamides is 1. The van der Waals surface area contributed by atoms with Crippen LogP contribution in [0.1, 0.15) is 19.3 Å². The van der Waals surface area contributed by atoms with Gasteiger partial charge in [-0.2, -0.15) is 4.31 Å². The zero-order valence-electron chi connectivity index (χ0n) is 15.7. The minimum Gasteiger partial charge on any atom is -0.375 e. The van der Waals surface area contributed by atoms with Crippen LogP contribution in [0, 0.1) is 0 Å². The number of nitrogens with zero attached hydrogens (tertiary/aromatic N) is 2. The van der Waals surface area contributed by atoms with Crippen molar-refractivity contribution in [2.45, 2.75) is 29.5 Å². The van der Waals surface area contributed by atoms with Crippen LogP contribution in [0.25, 0.3) is 0 Å². The number of para-hydroxylation sites is 1. The van der Waals surface area contributed by atoms with Crippen LogP contribution in [0.3, 0.4) is 0 Å². The molecule has 2 heterocycles. The molecule has 1 aromatic heterocycles. The highest BCUT2D eigenvalue weighted by atomic mass is 35.5. The number of amides is 1. The molecule has 2 aromatic rings. The summed E-state index contributed by atoms with van der Waals surface area (Å²) in [5, 5.41) is 2.90. The van der Waals surface area contributed by atoms with Gasteiger partial charge >= 0.3 is 0 Å². The number of nitrogens with one attached hydrogen (secondary N) is 1. The molecule has 152 valence electrons. The van der Waals surface area contributed by atoms with Gasteiger partial charge in [-0.3, -0.25) is 4.79 Å². The number of hydrogen-bond donors (Lipinski definition) is 1. The largest absolute Gasteiger partial charge is 0.375 e. The zero-order valence-corrected chi connectivity index (χ0v) is 18.1. The highest BCUT2D eigenvalue weighted by Crippen LogP contribution is 2.32. The van der Waals surface area contributed by atoms with Crippen LogP contribution >= 0.6 is 22.9 Å². The van der Waals surface area contributed by atoms with Crippen LogP contribution in [-0.4, -0.2) is 51.4 Å². The van der Waals surface area contributed by atoms with Gasteiger partial charge in [0, 0.05) is 32.4 Å². The quantitative estimate of drug-likeness (QED) is 0.638. The average molecular weight is 442 g/mol. The van der Waals surface area contributed by atoms with Gasteiger partial charge in [0.05, 0.1) is 4.34 Å². The van der Waals surface area contributed by atoms with Crippen LogP contribution < -0.4 is 10.2 Å². The maximum Gasteiger partial charge on any atom is 0.253 e. The molecule has 1 aromatic carbocycles. The fourth-order valence-electron chi connectivity index (χ4n) is 3.30. The minimum absolute atomic E-state index is 0.182. The van der Waals surface area contributed by atoms with Crippen molar-refractivity contribution in [3.63, 3.8) is 0 Å². The summed E-state index contributed by atoms with van der Waals surface area (Å²) < 4.78 is 27.6. The molecule has 0 saturated carbocycles. The van der Waals surface area contributed by atoms with Gasteiger partial charge in [-0.25, -0.2) is 8.42 Å². The summed E-state index contributed by atoms with van der Waals surface area (Å²) in [6.45, 7) is 1.66. The van der Waals surface area contributed by atoms with Gasteiger partial charge in [0.1, 0.15) is 10.3 Å². The molecule has 0 unspecified atom stereocenters. The standard InChI is InChI=1S/C19H24ClN3O3S2/c1-22(15-7-3-2-4-8-15)13-6-12-21-19(24)16-9-5-14-23(16)28(25,26)18-11-10-17(20)27-18/h2-4,7-8,10-11,16H,5-6,9,12-14H2,1H3,(H,21,24)/t16-/m0/s1. The van der Waals surface area contributed by atoms with Gasteiger partial charge < -0.3 is 10.2 Å². The smallest absolute Gasteiger partial charge is 0.253 e. The number of carbonyl (C=O) groups is 1. The lowest BCUT2D eigenvalue weighted by atomic mass is 10.2. The lowest BCUT2D eigenvalue weighted by molar-refractivity contribution is -0.124. The van der Waals surface area contributed by atoms with Crippen molar-refractivity contribution in [2.75, 3.05) is 31.6 Å². The van der Waals surface area contributed by atoms with Crippen LogP contribution in [0.4, 0.5) is 5.69 Å². The van der Waals surface area contributed by atoms with Crippen LogP contribution in [0.15, 0.2) is 46.7 Å². The molecule has 1 N–H and O–H groups in total. The van der Waals surface area contributed by atoms with E-state index in [2.05, 4.69) is 10.2 Å². The third-order valence-electron chi connectivity index (χ3n) is 4.78. The number of carbonyl (C=O) groups excluding carboxylic acids is 1. The molecule has 28 heavy (non-hydrogen) atoms. The van der Waals surface area contributed by atoms with Crippen LogP contribution in [0.5, 0.6) is 0 Å². The second-order valence-electron chi connectivity index (χ2n) is 6.73. The Morgan fingerprint density at radius 3 is 2.71 bits per heavy atom. The second-order valence-corrected chi connectivity index (χ2v) is 10.6. The van der Waals surface area contributed by atoms with Gasteiger partial charge in [0.2, 0.25) is 5.91 Å². The molecule has 0 spiro atoms. The van der Waals surface area contributed by atoms with Crippen molar-refractivity contribution in [3.05, 3.63) is 46.8 Å². The summed E-state index contributed by atoms with van der Waals surface area (Å²) in [7, 11) is -1.69. The fraction of sp³-hybridized carbons (Fsp3) is 0.421. The van der Waals surface area contributed by atoms with E-state index in [1.54, 1.807) is 6.07 Å². The van der Waals surface area contributed by atoms with Crippen molar-refractivity contribution in [2.24, 2.45) is 0 Å². The van der Waals surface area contributed by atoms with Crippen molar-refractivity contribution < 1.29 is 13.2 Å². The molecule has 0 radical (unpaired) electrons. The number of halogens is 1. The molecular formula is C19H24ClN3O3S2. The first kappa shape index (κ1) is 21.1. The fourth-order valence-corrected chi connectivity index (χ4v) is 6.57. The predicted molar refractivity (Wildman–Crippen MR) is 114 cm³/mol. The van der Waals surface area contributed by atoms with Gasteiger partial charge in [-0.05, 0) is 43.5 Å². The summed E-state index contributed by atoms with van der Waals surface area (Å²) in [5.41, 5.74) is 1.12.